The number of fused-ring (bicyclic) bond motifs is 1. The summed E-state index contributed by atoms with van der Waals surface area (Å²) >= 11 is 0. The molecule has 3 rings (SSSR count). The quantitative estimate of drug-likeness (QED) is 0.628. The molecule has 1 aliphatic carbocycles. The summed E-state index contributed by atoms with van der Waals surface area (Å²) in [7, 11) is -3.49. The van der Waals surface area contributed by atoms with Gasteiger partial charge in [-0.25, -0.2) is 8.42 Å². The van der Waals surface area contributed by atoms with Crippen molar-refractivity contribution in [2.75, 3.05) is 6.54 Å². The fourth-order valence-electron chi connectivity index (χ4n) is 3.40. The Kier molecular flexibility index (Phi) is 4.29. The van der Waals surface area contributed by atoms with Crippen LogP contribution in [0.2, 0.25) is 0 Å². The summed E-state index contributed by atoms with van der Waals surface area (Å²) in [5.41, 5.74) is 1.03. The second-order valence-corrected chi connectivity index (χ2v) is 8.13. The first-order chi connectivity index (χ1) is 10.9. The van der Waals surface area contributed by atoms with E-state index in [9.17, 15) is 13.2 Å². The van der Waals surface area contributed by atoms with Gasteiger partial charge in [-0.1, -0.05) is 23.8 Å². The standard InChI is InChI=1S/C17H21NO4S/c1-12-3-6-16(7-4-12)23(20,21)18-10-9-14-11-15(22-13(2)19)5-8-17(14)18/h3-8,14-15,17H,9-11H2,1-2H3. The summed E-state index contributed by atoms with van der Waals surface area (Å²) in [6.45, 7) is 3.83. The molecule has 1 fully saturated rings. The number of aryl methyl sites for hydroxylation is 1. The summed E-state index contributed by atoms with van der Waals surface area (Å²) in [5.74, 6) is -0.107. The Morgan fingerprint density at radius 2 is 1.91 bits per heavy atom. The van der Waals surface area contributed by atoms with E-state index in [2.05, 4.69) is 0 Å². The van der Waals surface area contributed by atoms with Gasteiger partial charge in [-0.2, -0.15) is 4.31 Å². The van der Waals surface area contributed by atoms with Crippen molar-refractivity contribution in [2.24, 2.45) is 5.92 Å². The number of ether oxygens (including phenoxy) is 1. The molecule has 0 N–H and O–H groups in total. The minimum atomic E-state index is -3.49. The molecule has 1 aliphatic heterocycles. The predicted molar refractivity (Wildman–Crippen MR) is 86.3 cm³/mol. The average Bonchev–Trinajstić information content (AvgIpc) is 2.91. The Labute approximate surface area is 137 Å². The first-order valence-corrected chi connectivity index (χ1v) is 9.26. The van der Waals surface area contributed by atoms with Gasteiger partial charge in [0.2, 0.25) is 10.0 Å². The van der Waals surface area contributed by atoms with Gasteiger partial charge in [0, 0.05) is 19.5 Å². The number of carbonyl (C=O) groups is 1. The molecule has 5 nitrogen and oxygen atoms in total. The molecule has 2 aliphatic rings. The van der Waals surface area contributed by atoms with Gasteiger partial charge in [-0.15, -0.1) is 0 Å². The van der Waals surface area contributed by atoms with Crippen LogP contribution in [0.25, 0.3) is 0 Å². The summed E-state index contributed by atoms with van der Waals surface area (Å²) in [5, 5.41) is 0. The summed E-state index contributed by atoms with van der Waals surface area (Å²) < 4.78 is 32.5. The molecule has 0 radical (unpaired) electrons. The fraction of sp³-hybridized carbons (Fsp3) is 0.471. The van der Waals surface area contributed by atoms with E-state index >= 15 is 0 Å². The molecule has 1 aromatic carbocycles. The van der Waals surface area contributed by atoms with Crippen LogP contribution in [0.3, 0.4) is 0 Å². The Hall–Kier alpha value is -1.66. The molecular weight excluding hydrogens is 314 g/mol. The molecular formula is C17H21NO4S. The van der Waals surface area contributed by atoms with E-state index < -0.39 is 10.0 Å². The monoisotopic (exact) mass is 335 g/mol. The first kappa shape index (κ1) is 16.2. The van der Waals surface area contributed by atoms with Crippen molar-refractivity contribution >= 4 is 16.0 Å². The highest BCUT2D eigenvalue weighted by atomic mass is 32.2. The largest absolute Gasteiger partial charge is 0.458 e. The minimum Gasteiger partial charge on any atom is -0.458 e. The third-order valence-corrected chi connectivity index (χ3v) is 6.45. The maximum absolute atomic E-state index is 12.9. The van der Waals surface area contributed by atoms with Crippen LogP contribution in [-0.2, 0) is 19.6 Å². The predicted octanol–water partition coefficient (Wildman–Crippen LogP) is 2.27. The van der Waals surface area contributed by atoms with E-state index in [4.69, 9.17) is 4.74 Å². The van der Waals surface area contributed by atoms with E-state index in [-0.39, 0.29) is 24.0 Å². The van der Waals surface area contributed by atoms with Crippen molar-refractivity contribution < 1.29 is 17.9 Å². The van der Waals surface area contributed by atoms with Crippen molar-refractivity contribution in [3.63, 3.8) is 0 Å². The smallest absolute Gasteiger partial charge is 0.303 e. The molecule has 23 heavy (non-hydrogen) atoms. The molecule has 0 aromatic heterocycles. The number of benzene rings is 1. The molecule has 124 valence electrons. The van der Waals surface area contributed by atoms with Gasteiger partial charge < -0.3 is 4.74 Å². The van der Waals surface area contributed by atoms with Gasteiger partial charge in [0.15, 0.2) is 0 Å². The lowest BCUT2D eigenvalue weighted by Crippen LogP contribution is -2.39. The van der Waals surface area contributed by atoms with Crippen LogP contribution >= 0.6 is 0 Å². The summed E-state index contributed by atoms with van der Waals surface area (Å²) in [6, 6.07) is 6.80. The van der Waals surface area contributed by atoms with E-state index in [1.165, 1.54) is 6.92 Å². The second-order valence-electron chi connectivity index (χ2n) is 6.24. The van der Waals surface area contributed by atoms with Crippen molar-refractivity contribution in [3.05, 3.63) is 42.0 Å². The van der Waals surface area contributed by atoms with Gasteiger partial charge in [-0.05, 0) is 43.9 Å². The van der Waals surface area contributed by atoms with Crippen LogP contribution in [0.5, 0.6) is 0 Å². The number of sulfonamides is 1. The highest BCUT2D eigenvalue weighted by molar-refractivity contribution is 7.89. The SMILES string of the molecule is CC(=O)OC1C=CC2C(CCN2S(=O)(=O)c2ccc(C)cc2)C1. The van der Waals surface area contributed by atoms with Crippen LogP contribution in [0, 0.1) is 12.8 Å². The van der Waals surface area contributed by atoms with Crippen LogP contribution in [0.15, 0.2) is 41.3 Å². The van der Waals surface area contributed by atoms with Gasteiger partial charge in [-0.3, -0.25) is 4.79 Å². The minimum absolute atomic E-state index is 0.145. The van der Waals surface area contributed by atoms with E-state index in [1.54, 1.807) is 16.4 Å². The lowest BCUT2D eigenvalue weighted by atomic mass is 9.89. The van der Waals surface area contributed by atoms with Crippen LogP contribution in [0.4, 0.5) is 0 Å². The molecule has 3 atom stereocenters. The van der Waals surface area contributed by atoms with Crippen LogP contribution in [-0.4, -0.2) is 37.4 Å². The van der Waals surface area contributed by atoms with Crippen molar-refractivity contribution in [2.45, 2.75) is 43.7 Å². The Bertz CT molecular complexity index is 723. The molecule has 0 spiro atoms. The molecule has 0 amide bonds. The second kappa shape index (κ2) is 6.09. The summed E-state index contributed by atoms with van der Waals surface area (Å²) in [6.07, 6.45) is 4.92. The van der Waals surface area contributed by atoms with Crippen molar-refractivity contribution in [1.29, 1.82) is 0 Å². The molecule has 0 saturated carbocycles. The number of esters is 1. The number of rotatable bonds is 3. The van der Waals surface area contributed by atoms with E-state index in [0.717, 1.165) is 12.0 Å². The number of carbonyl (C=O) groups excluding carboxylic acids is 1. The molecule has 6 heteroatoms. The fourth-order valence-corrected chi connectivity index (χ4v) is 5.06. The lowest BCUT2D eigenvalue weighted by molar-refractivity contribution is -0.145. The molecule has 1 saturated heterocycles. The topological polar surface area (TPSA) is 63.7 Å². The molecule has 0 bridgehead atoms. The number of hydrogen-bond acceptors (Lipinski definition) is 4. The van der Waals surface area contributed by atoms with Crippen LogP contribution < -0.4 is 0 Å². The maximum Gasteiger partial charge on any atom is 0.303 e. The average molecular weight is 335 g/mol. The van der Waals surface area contributed by atoms with Gasteiger partial charge in [0.1, 0.15) is 6.10 Å². The lowest BCUT2D eigenvalue weighted by Gasteiger charge is -2.30. The zero-order valence-corrected chi connectivity index (χ0v) is 14.1. The molecule has 3 unspecified atom stereocenters. The normalized spacial score (nSPS) is 27.7. The van der Waals surface area contributed by atoms with Gasteiger partial charge >= 0.3 is 5.97 Å². The van der Waals surface area contributed by atoms with Crippen molar-refractivity contribution in [1.82, 2.24) is 4.31 Å². The summed E-state index contributed by atoms with van der Waals surface area (Å²) in [4.78, 5) is 11.4. The maximum atomic E-state index is 12.9. The van der Waals surface area contributed by atoms with Crippen molar-refractivity contribution in [3.8, 4) is 0 Å². The Morgan fingerprint density at radius 3 is 2.57 bits per heavy atom. The molecule has 1 aromatic rings. The number of hydrogen-bond donors (Lipinski definition) is 0. The highest BCUT2D eigenvalue weighted by Gasteiger charge is 2.42. The molecule has 1 heterocycles. The van der Waals surface area contributed by atoms with E-state index in [0.29, 0.717) is 17.9 Å². The zero-order chi connectivity index (χ0) is 16.6. The Balaban J connectivity index is 1.82. The van der Waals surface area contributed by atoms with Crippen LogP contribution in [0.1, 0.15) is 25.3 Å². The zero-order valence-electron chi connectivity index (χ0n) is 13.3. The van der Waals surface area contributed by atoms with Gasteiger partial charge in [0.05, 0.1) is 4.90 Å². The van der Waals surface area contributed by atoms with E-state index in [1.807, 2.05) is 31.2 Å². The first-order valence-electron chi connectivity index (χ1n) is 7.82. The Morgan fingerprint density at radius 1 is 1.22 bits per heavy atom. The number of nitrogens with zero attached hydrogens (tertiary/aromatic N) is 1. The third-order valence-electron chi connectivity index (χ3n) is 4.54. The third kappa shape index (κ3) is 3.19. The highest BCUT2D eigenvalue weighted by Crippen LogP contribution is 2.37. The van der Waals surface area contributed by atoms with Gasteiger partial charge in [0.25, 0.3) is 0 Å².